The van der Waals surface area contributed by atoms with Crippen LogP contribution in [0.5, 0.6) is 0 Å². The summed E-state index contributed by atoms with van der Waals surface area (Å²) in [6.45, 7) is 4.35. The maximum Gasteiger partial charge on any atom is 0.229 e. The highest BCUT2D eigenvalue weighted by molar-refractivity contribution is 7.13. The highest BCUT2D eigenvalue weighted by Crippen LogP contribution is 2.70. The predicted octanol–water partition coefficient (Wildman–Crippen LogP) is 3.68. The van der Waals surface area contributed by atoms with Crippen molar-refractivity contribution in [2.75, 3.05) is 6.54 Å². The third-order valence-corrected chi connectivity index (χ3v) is 6.30. The molecular weight excluding hydrogens is 327 g/mol. The van der Waals surface area contributed by atoms with Gasteiger partial charge in [0.05, 0.1) is 11.1 Å². The number of nitrogens with zero attached hydrogens (tertiary/aromatic N) is 1. The molecule has 0 bridgehead atoms. The van der Waals surface area contributed by atoms with Crippen molar-refractivity contribution in [3.05, 3.63) is 15.5 Å². The molecule has 0 saturated heterocycles. The van der Waals surface area contributed by atoms with Crippen molar-refractivity contribution < 1.29 is 4.79 Å². The van der Waals surface area contributed by atoms with Crippen LogP contribution in [0.2, 0.25) is 4.47 Å². The maximum absolute atomic E-state index is 12.3. The maximum atomic E-state index is 12.3. The Labute approximate surface area is 131 Å². The van der Waals surface area contributed by atoms with Crippen molar-refractivity contribution in [1.82, 2.24) is 10.3 Å². The quantitative estimate of drug-likeness (QED) is 0.830. The summed E-state index contributed by atoms with van der Waals surface area (Å²) >= 11 is 19.5. The van der Waals surface area contributed by atoms with E-state index in [4.69, 9.17) is 34.8 Å². The van der Waals surface area contributed by atoms with Gasteiger partial charge in [0.15, 0.2) is 4.47 Å². The third-order valence-electron chi connectivity index (χ3n) is 3.95. The van der Waals surface area contributed by atoms with E-state index in [1.165, 1.54) is 11.3 Å². The average molecular weight is 342 g/mol. The van der Waals surface area contributed by atoms with Crippen LogP contribution in [-0.2, 0) is 11.2 Å². The molecule has 1 fully saturated rings. The van der Waals surface area contributed by atoms with Crippen molar-refractivity contribution in [3.8, 4) is 0 Å². The molecule has 1 aromatic heterocycles. The van der Waals surface area contributed by atoms with Crippen LogP contribution in [0.25, 0.3) is 0 Å². The molecule has 1 saturated carbocycles. The van der Waals surface area contributed by atoms with Crippen LogP contribution < -0.4 is 5.32 Å². The summed E-state index contributed by atoms with van der Waals surface area (Å²) in [4.78, 5) is 16.4. The lowest BCUT2D eigenvalue weighted by atomic mass is 9.99. The average Bonchev–Trinajstić information content (AvgIpc) is 2.64. The second-order valence-electron chi connectivity index (χ2n) is 4.77. The van der Waals surface area contributed by atoms with E-state index < -0.39 is 9.75 Å². The first-order chi connectivity index (χ1) is 8.86. The zero-order valence-electron chi connectivity index (χ0n) is 10.7. The third kappa shape index (κ3) is 2.48. The Morgan fingerprint density at radius 3 is 2.63 bits per heavy atom. The molecule has 0 aliphatic heterocycles. The molecule has 0 spiro atoms. The van der Waals surface area contributed by atoms with Gasteiger partial charge in [0.25, 0.3) is 0 Å². The van der Waals surface area contributed by atoms with E-state index in [0.717, 1.165) is 5.69 Å². The van der Waals surface area contributed by atoms with Gasteiger partial charge in [0, 0.05) is 24.3 Å². The minimum absolute atomic E-state index is 0.0259. The Kier molecular flexibility index (Phi) is 4.36. The van der Waals surface area contributed by atoms with E-state index >= 15 is 0 Å². The molecule has 1 amide bonds. The Hall–Kier alpha value is -0.0300. The second kappa shape index (κ2) is 5.40. The lowest BCUT2D eigenvalue weighted by Crippen LogP contribution is -2.36. The summed E-state index contributed by atoms with van der Waals surface area (Å²) in [5.41, 5.74) is 0.225. The van der Waals surface area contributed by atoms with Gasteiger partial charge in [-0.15, -0.1) is 34.5 Å². The topological polar surface area (TPSA) is 42.0 Å². The van der Waals surface area contributed by atoms with Crippen LogP contribution in [0.15, 0.2) is 5.38 Å². The predicted molar refractivity (Wildman–Crippen MR) is 80.2 cm³/mol. The smallest absolute Gasteiger partial charge is 0.229 e. The van der Waals surface area contributed by atoms with Gasteiger partial charge in [-0.1, -0.05) is 25.4 Å². The SMILES string of the molecule is CCC1(C(=O)NCCc2csc(Cl)n2)C(C)C1(Cl)Cl. The molecule has 1 aliphatic carbocycles. The summed E-state index contributed by atoms with van der Waals surface area (Å²) in [7, 11) is 0. The fraction of sp³-hybridized carbons (Fsp3) is 0.667. The Bertz CT molecular complexity index is 491. The molecule has 1 N–H and O–H groups in total. The molecule has 2 rings (SSSR count). The molecule has 2 atom stereocenters. The lowest BCUT2D eigenvalue weighted by molar-refractivity contribution is -0.126. The summed E-state index contributed by atoms with van der Waals surface area (Å²) in [5, 5.41) is 4.78. The zero-order valence-corrected chi connectivity index (χ0v) is 13.8. The molecule has 1 heterocycles. The first-order valence-corrected chi connectivity index (χ1v) is 8.13. The number of halogens is 3. The van der Waals surface area contributed by atoms with Gasteiger partial charge in [-0.2, -0.15) is 0 Å². The van der Waals surface area contributed by atoms with Crippen LogP contribution in [-0.4, -0.2) is 21.8 Å². The highest BCUT2D eigenvalue weighted by atomic mass is 35.5. The molecule has 1 aliphatic rings. The number of nitrogens with one attached hydrogen (secondary N) is 1. The summed E-state index contributed by atoms with van der Waals surface area (Å²) in [6.07, 6.45) is 1.29. The largest absolute Gasteiger partial charge is 0.355 e. The lowest BCUT2D eigenvalue weighted by Gasteiger charge is -2.15. The van der Waals surface area contributed by atoms with Crippen molar-refractivity contribution in [2.45, 2.75) is 31.0 Å². The molecule has 3 nitrogen and oxygen atoms in total. The van der Waals surface area contributed by atoms with E-state index in [-0.39, 0.29) is 11.8 Å². The minimum atomic E-state index is -0.949. The van der Waals surface area contributed by atoms with Gasteiger partial charge in [-0.3, -0.25) is 4.79 Å². The standard InChI is InChI=1S/C12H15Cl3N2OS/c1-3-11(7(2)12(11,14)15)9(18)16-5-4-8-6-19-10(13)17-8/h6-7H,3-5H2,1-2H3,(H,16,18). The van der Waals surface area contributed by atoms with Crippen LogP contribution >= 0.6 is 46.1 Å². The van der Waals surface area contributed by atoms with E-state index in [2.05, 4.69) is 10.3 Å². The minimum Gasteiger partial charge on any atom is -0.355 e. The van der Waals surface area contributed by atoms with E-state index in [0.29, 0.717) is 23.9 Å². The monoisotopic (exact) mass is 340 g/mol. The van der Waals surface area contributed by atoms with E-state index in [1.54, 1.807) is 0 Å². The van der Waals surface area contributed by atoms with Gasteiger partial charge in [0.1, 0.15) is 4.33 Å². The van der Waals surface area contributed by atoms with E-state index in [1.807, 2.05) is 19.2 Å². The second-order valence-corrected chi connectivity index (χ2v) is 7.59. The molecule has 106 valence electrons. The molecule has 0 aromatic carbocycles. The fourth-order valence-corrected chi connectivity index (χ4v) is 4.40. The van der Waals surface area contributed by atoms with Gasteiger partial charge < -0.3 is 5.32 Å². The van der Waals surface area contributed by atoms with Crippen LogP contribution in [0.4, 0.5) is 0 Å². The number of carbonyl (C=O) groups excluding carboxylic acids is 1. The number of amides is 1. The van der Waals surface area contributed by atoms with Gasteiger partial charge in [-0.25, -0.2) is 4.98 Å². The molecule has 0 radical (unpaired) electrons. The molecule has 1 aromatic rings. The molecule has 7 heteroatoms. The van der Waals surface area contributed by atoms with E-state index in [9.17, 15) is 4.79 Å². The normalized spacial score (nSPS) is 28.2. The van der Waals surface area contributed by atoms with Crippen LogP contribution in [0.3, 0.4) is 0 Å². The molecular formula is C12H15Cl3N2OS. The van der Waals surface area contributed by atoms with Gasteiger partial charge in [-0.05, 0) is 6.42 Å². The van der Waals surface area contributed by atoms with Crippen molar-refractivity contribution >= 4 is 52.0 Å². The van der Waals surface area contributed by atoms with Crippen LogP contribution in [0.1, 0.15) is 26.0 Å². The highest BCUT2D eigenvalue weighted by Gasteiger charge is 2.76. The van der Waals surface area contributed by atoms with Crippen LogP contribution in [0, 0.1) is 11.3 Å². The van der Waals surface area contributed by atoms with Crippen molar-refractivity contribution in [2.24, 2.45) is 11.3 Å². The number of thiazole rings is 1. The Morgan fingerprint density at radius 2 is 2.21 bits per heavy atom. The number of carbonyl (C=O) groups is 1. The summed E-state index contributed by atoms with van der Waals surface area (Å²) in [5.74, 6) is -0.101. The first kappa shape index (κ1) is 15.4. The number of rotatable bonds is 5. The first-order valence-electron chi connectivity index (χ1n) is 6.12. The Morgan fingerprint density at radius 1 is 1.58 bits per heavy atom. The van der Waals surface area contributed by atoms with Crippen molar-refractivity contribution in [3.63, 3.8) is 0 Å². The number of alkyl halides is 2. The number of hydrogen-bond acceptors (Lipinski definition) is 3. The fourth-order valence-electron chi connectivity index (χ4n) is 2.55. The summed E-state index contributed by atoms with van der Waals surface area (Å²) in [6, 6.07) is 0. The number of hydrogen-bond donors (Lipinski definition) is 1. The zero-order chi connectivity index (χ0) is 14.3. The number of aromatic nitrogens is 1. The Balaban J connectivity index is 1.88. The van der Waals surface area contributed by atoms with Gasteiger partial charge >= 0.3 is 0 Å². The van der Waals surface area contributed by atoms with Crippen molar-refractivity contribution in [1.29, 1.82) is 0 Å². The molecule has 19 heavy (non-hydrogen) atoms. The molecule has 2 unspecified atom stereocenters. The summed E-state index contributed by atoms with van der Waals surface area (Å²) < 4.78 is -0.432. The van der Waals surface area contributed by atoms with Gasteiger partial charge in [0.2, 0.25) is 5.91 Å².